The molecular weight excluding hydrogens is 374 g/mol. The van der Waals surface area contributed by atoms with E-state index in [1.807, 2.05) is 48.5 Å². The second kappa shape index (κ2) is 6.41. The van der Waals surface area contributed by atoms with Crippen LogP contribution in [-0.4, -0.2) is 4.98 Å². The molecule has 3 nitrogen and oxygen atoms in total. The van der Waals surface area contributed by atoms with Gasteiger partial charge in [0.05, 0.1) is 5.69 Å². The van der Waals surface area contributed by atoms with Crippen LogP contribution in [0.1, 0.15) is 5.56 Å². The van der Waals surface area contributed by atoms with Crippen molar-refractivity contribution in [2.24, 2.45) is 0 Å². The summed E-state index contributed by atoms with van der Waals surface area (Å²) >= 11 is 9.78. The molecule has 23 heavy (non-hydrogen) atoms. The van der Waals surface area contributed by atoms with Crippen molar-refractivity contribution < 1.29 is 0 Å². The Kier molecular flexibility index (Phi) is 4.33. The first-order chi connectivity index (χ1) is 11.1. The van der Waals surface area contributed by atoms with Crippen molar-refractivity contribution in [3.8, 4) is 28.5 Å². The van der Waals surface area contributed by atoms with E-state index in [0.717, 1.165) is 21.2 Å². The number of nitrogens with two attached hydrogens (primary N) is 1. The van der Waals surface area contributed by atoms with E-state index >= 15 is 0 Å². The summed E-state index contributed by atoms with van der Waals surface area (Å²) < 4.78 is 0.882. The fourth-order valence-corrected chi connectivity index (χ4v) is 3.11. The van der Waals surface area contributed by atoms with Crippen molar-refractivity contribution in [3.63, 3.8) is 0 Å². The molecule has 0 unspecified atom stereocenters. The standard InChI is InChI=1S/C18H11BrClN3/c19-15-7-3-1-5-11(15)13-9-17(23-18(22)14(13)10-21)12-6-2-4-8-16(12)20/h1-9H,(H2,22,23). The van der Waals surface area contributed by atoms with Gasteiger partial charge in [-0.15, -0.1) is 0 Å². The van der Waals surface area contributed by atoms with E-state index in [0.29, 0.717) is 16.3 Å². The maximum absolute atomic E-state index is 9.46. The number of anilines is 1. The van der Waals surface area contributed by atoms with Crippen LogP contribution in [0.4, 0.5) is 5.82 Å². The molecule has 0 radical (unpaired) electrons. The molecule has 0 bridgehead atoms. The number of rotatable bonds is 2. The Morgan fingerprint density at radius 2 is 1.65 bits per heavy atom. The minimum absolute atomic E-state index is 0.190. The topological polar surface area (TPSA) is 62.7 Å². The van der Waals surface area contributed by atoms with Gasteiger partial charge < -0.3 is 5.73 Å². The summed E-state index contributed by atoms with van der Waals surface area (Å²) in [5.74, 6) is 0.190. The third kappa shape index (κ3) is 2.94. The van der Waals surface area contributed by atoms with Gasteiger partial charge in [0.2, 0.25) is 0 Å². The van der Waals surface area contributed by atoms with Crippen molar-refractivity contribution in [2.45, 2.75) is 0 Å². The van der Waals surface area contributed by atoms with Crippen molar-refractivity contribution in [1.82, 2.24) is 4.98 Å². The van der Waals surface area contributed by atoms with Gasteiger partial charge in [-0.1, -0.05) is 63.9 Å². The lowest BCUT2D eigenvalue weighted by molar-refractivity contribution is 1.31. The Bertz CT molecular complexity index is 932. The summed E-state index contributed by atoms with van der Waals surface area (Å²) in [6.45, 7) is 0. The Morgan fingerprint density at radius 3 is 2.30 bits per heavy atom. The smallest absolute Gasteiger partial charge is 0.142 e. The van der Waals surface area contributed by atoms with Crippen LogP contribution in [0.2, 0.25) is 5.02 Å². The van der Waals surface area contributed by atoms with Crippen LogP contribution in [0.5, 0.6) is 0 Å². The lowest BCUT2D eigenvalue weighted by Crippen LogP contribution is -2.00. The first-order valence-electron chi connectivity index (χ1n) is 6.82. The minimum Gasteiger partial charge on any atom is -0.383 e. The summed E-state index contributed by atoms with van der Waals surface area (Å²) in [4.78, 5) is 4.35. The largest absolute Gasteiger partial charge is 0.383 e. The number of hydrogen-bond acceptors (Lipinski definition) is 3. The number of aromatic nitrogens is 1. The lowest BCUT2D eigenvalue weighted by Gasteiger charge is -2.12. The highest BCUT2D eigenvalue weighted by atomic mass is 79.9. The van der Waals surface area contributed by atoms with Crippen LogP contribution >= 0.6 is 27.5 Å². The third-order valence-corrected chi connectivity index (χ3v) is 4.49. The number of nitrogens with zero attached hydrogens (tertiary/aromatic N) is 2. The third-order valence-electron chi connectivity index (χ3n) is 3.47. The maximum Gasteiger partial charge on any atom is 0.142 e. The summed E-state index contributed by atoms with van der Waals surface area (Å²) in [5.41, 5.74) is 9.39. The molecule has 0 aliphatic heterocycles. The number of hydrogen-bond donors (Lipinski definition) is 1. The Hall–Kier alpha value is -2.35. The molecule has 0 aliphatic rings. The van der Waals surface area contributed by atoms with Crippen LogP contribution in [0, 0.1) is 11.3 Å². The van der Waals surface area contributed by atoms with Gasteiger partial charge in [-0.25, -0.2) is 4.98 Å². The second-order valence-corrected chi connectivity index (χ2v) is 6.15. The molecule has 2 aromatic carbocycles. The number of pyridine rings is 1. The van der Waals surface area contributed by atoms with Gasteiger partial charge in [0.15, 0.2) is 0 Å². The summed E-state index contributed by atoms with van der Waals surface area (Å²) in [7, 11) is 0. The SMILES string of the molecule is N#Cc1c(-c2ccccc2Br)cc(-c2ccccc2Cl)nc1N. The van der Waals surface area contributed by atoms with Crippen LogP contribution in [0.25, 0.3) is 22.4 Å². The molecule has 3 rings (SSSR count). The zero-order valence-corrected chi connectivity index (χ0v) is 14.3. The zero-order valence-electron chi connectivity index (χ0n) is 11.9. The highest BCUT2D eigenvalue weighted by Gasteiger charge is 2.16. The zero-order chi connectivity index (χ0) is 16.4. The number of nitrogen functional groups attached to an aromatic ring is 1. The molecule has 5 heteroatoms. The Morgan fingerprint density at radius 1 is 1.00 bits per heavy atom. The van der Waals surface area contributed by atoms with Crippen LogP contribution < -0.4 is 5.73 Å². The van der Waals surface area contributed by atoms with Crippen LogP contribution in [-0.2, 0) is 0 Å². The van der Waals surface area contributed by atoms with E-state index in [1.54, 1.807) is 6.07 Å². The van der Waals surface area contributed by atoms with E-state index in [2.05, 4.69) is 27.0 Å². The monoisotopic (exact) mass is 383 g/mol. The molecule has 0 aliphatic carbocycles. The first kappa shape index (κ1) is 15.5. The van der Waals surface area contributed by atoms with Crippen LogP contribution in [0.3, 0.4) is 0 Å². The molecule has 0 saturated heterocycles. The van der Waals surface area contributed by atoms with Crippen molar-refractivity contribution >= 4 is 33.3 Å². The normalized spacial score (nSPS) is 10.3. The van der Waals surface area contributed by atoms with E-state index in [4.69, 9.17) is 17.3 Å². The van der Waals surface area contributed by atoms with E-state index in [1.165, 1.54) is 0 Å². The molecule has 0 spiro atoms. The van der Waals surface area contributed by atoms with Crippen LogP contribution in [0.15, 0.2) is 59.1 Å². The summed E-state index contributed by atoms with van der Waals surface area (Å²) in [5, 5.41) is 10.0. The molecule has 0 amide bonds. The molecule has 1 heterocycles. The molecule has 112 valence electrons. The summed E-state index contributed by atoms with van der Waals surface area (Å²) in [6, 6.07) is 19.1. The van der Waals surface area contributed by atoms with Gasteiger partial charge in [0.25, 0.3) is 0 Å². The van der Waals surface area contributed by atoms with Crippen molar-refractivity contribution in [2.75, 3.05) is 5.73 Å². The van der Waals surface area contributed by atoms with E-state index < -0.39 is 0 Å². The molecule has 2 N–H and O–H groups in total. The molecule has 0 saturated carbocycles. The van der Waals surface area contributed by atoms with Gasteiger partial charge in [0, 0.05) is 20.6 Å². The maximum atomic E-state index is 9.46. The number of benzene rings is 2. The number of halogens is 2. The predicted molar refractivity (Wildman–Crippen MR) is 96.9 cm³/mol. The molecular formula is C18H11BrClN3. The minimum atomic E-state index is 0.190. The Balaban J connectivity index is 2.30. The van der Waals surface area contributed by atoms with Gasteiger partial charge >= 0.3 is 0 Å². The van der Waals surface area contributed by atoms with Crippen molar-refractivity contribution in [1.29, 1.82) is 5.26 Å². The fraction of sp³-hybridized carbons (Fsp3) is 0. The van der Waals surface area contributed by atoms with Gasteiger partial charge in [-0.2, -0.15) is 5.26 Å². The highest BCUT2D eigenvalue weighted by Crippen LogP contribution is 2.36. The predicted octanol–water partition coefficient (Wildman–Crippen LogP) is 5.29. The molecule has 0 fully saturated rings. The van der Waals surface area contributed by atoms with Gasteiger partial charge in [0.1, 0.15) is 17.5 Å². The highest BCUT2D eigenvalue weighted by molar-refractivity contribution is 9.10. The lowest BCUT2D eigenvalue weighted by atomic mass is 9.98. The van der Waals surface area contributed by atoms with Gasteiger partial charge in [-0.3, -0.25) is 0 Å². The molecule has 0 atom stereocenters. The van der Waals surface area contributed by atoms with Crippen molar-refractivity contribution in [3.05, 3.63) is 69.7 Å². The molecule has 1 aromatic heterocycles. The quantitative estimate of drug-likeness (QED) is 0.653. The Labute approximate surface area is 147 Å². The van der Waals surface area contributed by atoms with E-state index in [-0.39, 0.29) is 5.82 Å². The van der Waals surface area contributed by atoms with Gasteiger partial charge in [-0.05, 0) is 23.8 Å². The molecule has 3 aromatic rings. The fourth-order valence-electron chi connectivity index (χ4n) is 2.38. The second-order valence-electron chi connectivity index (χ2n) is 4.89. The number of nitriles is 1. The average molecular weight is 385 g/mol. The average Bonchev–Trinajstić information content (AvgIpc) is 2.55. The van der Waals surface area contributed by atoms with E-state index in [9.17, 15) is 5.26 Å². The summed E-state index contributed by atoms with van der Waals surface area (Å²) in [6.07, 6.45) is 0. The first-order valence-corrected chi connectivity index (χ1v) is 7.99.